The molecule has 9 aromatic rings. The van der Waals surface area contributed by atoms with E-state index >= 15 is 0 Å². The fraction of sp³-hybridized carbons (Fsp3) is 0. The Labute approximate surface area is 271 Å². The molecule has 0 unspecified atom stereocenters. The van der Waals surface area contributed by atoms with E-state index in [9.17, 15) is 0 Å². The molecule has 4 nitrogen and oxygen atoms in total. The maximum absolute atomic E-state index is 6.24. The molecule has 0 N–H and O–H groups in total. The molecule has 0 saturated carbocycles. The van der Waals surface area contributed by atoms with Crippen LogP contribution in [0.1, 0.15) is 0 Å². The Bertz CT molecular complexity index is 2570. The van der Waals surface area contributed by atoms with Crippen LogP contribution in [0.4, 0.5) is 0 Å². The summed E-state index contributed by atoms with van der Waals surface area (Å²) in [5.74, 6) is 1.90. The molecule has 0 radical (unpaired) electrons. The van der Waals surface area contributed by atoms with Crippen molar-refractivity contribution in [2.24, 2.45) is 0 Å². The van der Waals surface area contributed by atoms with Crippen LogP contribution in [0.25, 0.3) is 89.1 Å². The van der Waals surface area contributed by atoms with E-state index in [2.05, 4.69) is 109 Å². The molecule has 0 aliphatic rings. The average molecular weight is 602 g/mol. The quantitative estimate of drug-likeness (QED) is 0.197. The monoisotopic (exact) mass is 601 g/mol. The summed E-state index contributed by atoms with van der Waals surface area (Å²) in [6.45, 7) is 0. The third-order valence-corrected chi connectivity index (χ3v) is 8.75. The van der Waals surface area contributed by atoms with E-state index in [4.69, 9.17) is 19.4 Å². The van der Waals surface area contributed by atoms with Gasteiger partial charge in [-0.2, -0.15) is 0 Å². The van der Waals surface area contributed by atoms with E-state index in [0.29, 0.717) is 17.5 Å². The molecule has 0 aliphatic heterocycles. The van der Waals surface area contributed by atoms with Gasteiger partial charge in [-0.1, -0.05) is 146 Å². The summed E-state index contributed by atoms with van der Waals surface area (Å²) in [5, 5.41) is 4.42. The molecule has 47 heavy (non-hydrogen) atoms. The number of rotatable bonds is 5. The van der Waals surface area contributed by atoms with Gasteiger partial charge in [0.05, 0.1) is 0 Å². The topological polar surface area (TPSA) is 51.8 Å². The number of hydrogen-bond donors (Lipinski definition) is 0. The van der Waals surface area contributed by atoms with Crippen LogP contribution >= 0.6 is 0 Å². The predicted octanol–water partition coefficient (Wildman–Crippen LogP) is 11.3. The van der Waals surface area contributed by atoms with Crippen LogP contribution < -0.4 is 0 Å². The maximum atomic E-state index is 6.24. The zero-order chi connectivity index (χ0) is 31.2. The molecule has 220 valence electrons. The van der Waals surface area contributed by atoms with E-state index in [1.807, 2.05) is 54.6 Å². The molecule has 7 aromatic carbocycles. The van der Waals surface area contributed by atoms with Crippen LogP contribution in [0, 0.1) is 0 Å². The van der Waals surface area contributed by atoms with E-state index in [-0.39, 0.29) is 0 Å². The van der Waals surface area contributed by atoms with Gasteiger partial charge in [0.2, 0.25) is 0 Å². The second kappa shape index (κ2) is 11.2. The molecule has 0 atom stereocenters. The Hall–Kier alpha value is -6.39. The lowest BCUT2D eigenvalue weighted by molar-refractivity contribution is 0.669. The summed E-state index contributed by atoms with van der Waals surface area (Å²) >= 11 is 0. The second-order valence-corrected chi connectivity index (χ2v) is 11.6. The number of benzene rings is 7. The first kappa shape index (κ1) is 27.0. The number of nitrogens with zero attached hydrogens (tertiary/aromatic N) is 3. The minimum atomic E-state index is 0.633. The molecular weight excluding hydrogens is 574 g/mol. The van der Waals surface area contributed by atoms with Crippen LogP contribution in [0.3, 0.4) is 0 Å². The summed E-state index contributed by atoms with van der Waals surface area (Å²) in [6, 6.07) is 56.3. The van der Waals surface area contributed by atoms with Crippen molar-refractivity contribution in [1.82, 2.24) is 15.0 Å². The van der Waals surface area contributed by atoms with Crippen LogP contribution in [-0.2, 0) is 0 Å². The first-order valence-electron chi connectivity index (χ1n) is 15.7. The minimum absolute atomic E-state index is 0.633. The Morgan fingerprint density at radius 2 is 0.830 bits per heavy atom. The normalized spacial score (nSPS) is 11.4. The lowest BCUT2D eigenvalue weighted by atomic mass is 9.93. The summed E-state index contributed by atoms with van der Waals surface area (Å²) in [7, 11) is 0. The highest BCUT2D eigenvalue weighted by molar-refractivity contribution is 6.16. The Morgan fingerprint density at radius 1 is 0.319 bits per heavy atom. The van der Waals surface area contributed by atoms with E-state index in [0.717, 1.165) is 71.7 Å². The van der Waals surface area contributed by atoms with Gasteiger partial charge in [0.1, 0.15) is 11.2 Å². The minimum Gasteiger partial charge on any atom is -0.456 e. The highest BCUT2D eigenvalue weighted by atomic mass is 16.3. The zero-order valence-electron chi connectivity index (χ0n) is 25.3. The van der Waals surface area contributed by atoms with Gasteiger partial charge < -0.3 is 4.42 Å². The average Bonchev–Trinajstić information content (AvgIpc) is 3.54. The van der Waals surface area contributed by atoms with Crippen molar-refractivity contribution >= 4 is 32.7 Å². The molecule has 9 rings (SSSR count). The van der Waals surface area contributed by atoms with Gasteiger partial charge in [-0.15, -0.1) is 0 Å². The van der Waals surface area contributed by atoms with Crippen LogP contribution in [-0.4, -0.2) is 15.0 Å². The molecule has 0 aliphatic carbocycles. The highest BCUT2D eigenvalue weighted by Crippen LogP contribution is 2.41. The third-order valence-electron chi connectivity index (χ3n) is 8.75. The smallest absolute Gasteiger partial charge is 0.164 e. The summed E-state index contributed by atoms with van der Waals surface area (Å²) < 4.78 is 6.24. The van der Waals surface area contributed by atoms with Crippen molar-refractivity contribution in [1.29, 1.82) is 0 Å². The molecule has 0 amide bonds. The molecule has 4 heteroatoms. The van der Waals surface area contributed by atoms with E-state index in [1.54, 1.807) is 0 Å². The molecule has 0 saturated heterocycles. The summed E-state index contributed by atoms with van der Waals surface area (Å²) in [4.78, 5) is 15.2. The van der Waals surface area contributed by atoms with Crippen molar-refractivity contribution in [3.8, 4) is 56.4 Å². The fourth-order valence-corrected chi connectivity index (χ4v) is 6.55. The van der Waals surface area contributed by atoms with Gasteiger partial charge in [-0.25, -0.2) is 15.0 Å². The van der Waals surface area contributed by atoms with Crippen molar-refractivity contribution in [2.75, 3.05) is 0 Å². The number of fused-ring (bicyclic) bond motifs is 4. The van der Waals surface area contributed by atoms with Crippen molar-refractivity contribution in [2.45, 2.75) is 0 Å². The largest absolute Gasteiger partial charge is 0.456 e. The van der Waals surface area contributed by atoms with Gasteiger partial charge in [0.15, 0.2) is 17.5 Å². The first-order valence-corrected chi connectivity index (χ1v) is 15.7. The number of hydrogen-bond acceptors (Lipinski definition) is 4. The van der Waals surface area contributed by atoms with Gasteiger partial charge in [-0.05, 0) is 51.2 Å². The van der Waals surface area contributed by atoms with Crippen LogP contribution in [0.5, 0.6) is 0 Å². The molecule has 2 aromatic heterocycles. The van der Waals surface area contributed by atoms with Crippen LogP contribution in [0.15, 0.2) is 168 Å². The Morgan fingerprint density at radius 3 is 1.64 bits per heavy atom. The molecule has 2 heterocycles. The van der Waals surface area contributed by atoms with Crippen molar-refractivity contribution in [3.05, 3.63) is 164 Å². The maximum Gasteiger partial charge on any atom is 0.164 e. The van der Waals surface area contributed by atoms with Gasteiger partial charge >= 0.3 is 0 Å². The van der Waals surface area contributed by atoms with Crippen molar-refractivity contribution < 1.29 is 4.42 Å². The lowest BCUT2D eigenvalue weighted by Gasteiger charge is -2.13. The first-order chi connectivity index (χ1) is 23.3. The Balaban J connectivity index is 1.25. The lowest BCUT2D eigenvalue weighted by Crippen LogP contribution is -2.00. The molecular formula is C43H27N3O. The highest BCUT2D eigenvalue weighted by Gasteiger charge is 2.18. The third kappa shape index (κ3) is 4.75. The molecule has 0 bridgehead atoms. The summed E-state index contributed by atoms with van der Waals surface area (Å²) in [6.07, 6.45) is 0. The standard InChI is InChI=1S/C43H27N3O/c1-3-13-28(14-4-1)30-17-9-18-31(27-30)42-44-41(29-15-5-2-6-16-29)45-43(46-42)36-24-11-20-32-33(21-10-22-34(32)36)35-23-12-26-39-40(35)37-19-7-8-25-38(37)47-39/h1-27H. The van der Waals surface area contributed by atoms with E-state index in [1.165, 1.54) is 0 Å². The van der Waals surface area contributed by atoms with E-state index < -0.39 is 0 Å². The number of para-hydroxylation sites is 1. The van der Waals surface area contributed by atoms with Gasteiger partial charge in [0.25, 0.3) is 0 Å². The van der Waals surface area contributed by atoms with Crippen molar-refractivity contribution in [3.63, 3.8) is 0 Å². The van der Waals surface area contributed by atoms with Crippen LogP contribution in [0.2, 0.25) is 0 Å². The number of furan rings is 1. The number of aromatic nitrogens is 3. The zero-order valence-corrected chi connectivity index (χ0v) is 25.3. The second-order valence-electron chi connectivity index (χ2n) is 11.6. The fourth-order valence-electron chi connectivity index (χ4n) is 6.55. The SMILES string of the molecule is c1ccc(-c2cccc(-c3nc(-c4ccccc4)nc(-c4cccc5c(-c6cccc7oc8ccccc8c67)cccc45)n3)c2)cc1. The molecule has 0 fully saturated rings. The summed E-state index contributed by atoms with van der Waals surface area (Å²) in [5.41, 5.74) is 9.12. The van der Waals surface area contributed by atoms with Gasteiger partial charge in [0, 0.05) is 27.5 Å². The molecule has 0 spiro atoms. The Kier molecular flexibility index (Phi) is 6.43. The predicted molar refractivity (Wildman–Crippen MR) is 192 cm³/mol. The van der Waals surface area contributed by atoms with Gasteiger partial charge in [-0.3, -0.25) is 0 Å².